The highest BCUT2D eigenvalue weighted by Crippen LogP contribution is 2.28. The van der Waals surface area contributed by atoms with Crippen LogP contribution in [0.25, 0.3) is 0 Å². The minimum Gasteiger partial charge on any atom is -0.352 e. The van der Waals surface area contributed by atoms with Gasteiger partial charge in [-0.15, -0.1) is 0 Å². The Bertz CT molecular complexity index is 1310. The van der Waals surface area contributed by atoms with Gasteiger partial charge in [0.25, 0.3) is 10.0 Å². The lowest BCUT2D eigenvalue weighted by molar-refractivity contribution is -0.139. The molecule has 1 N–H and O–H groups in total. The Labute approximate surface area is 226 Å². The van der Waals surface area contributed by atoms with Gasteiger partial charge in [-0.05, 0) is 56.0 Å². The first-order valence-electron chi connectivity index (χ1n) is 13.0. The van der Waals surface area contributed by atoms with Crippen LogP contribution in [0.1, 0.15) is 45.2 Å². The van der Waals surface area contributed by atoms with Crippen LogP contribution in [0.15, 0.2) is 89.8 Å². The van der Waals surface area contributed by atoms with E-state index in [0.29, 0.717) is 12.1 Å². The lowest BCUT2D eigenvalue weighted by Crippen LogP contribution is -2.52. The van der Waals surface area contributed by atoms with Gasteiger partial charge in [0.2, 0.25) is 11.8 Å². The molecule has 0 aliphatic rings. The number of para-hydroxylation sites is 1. The molecule has 0 fully saturated rings. The molecule has 2 atom stereocenters. The Morgan fingerprint density at radius 2 is 1.42 bits per heavy atom. The fourth-order valence-corrected chi connectivity index (χ4v) is 5.59. The van der Waals surface area contributed by atoms with Gasteiger partial charge in [0.1, 0.15) is 12.6 Å². The summed E-state index contributed by atoms with van der Waals surface area (Å²) in [5, 5.41) is 2.95. The highest BCUT2D eigenvalue weighted by molar-refractivity contribution is 7.92. The van der Waals surface area contributed by atoms with Gasteiger partial charge in [-0.25, -0.2) is 8.42 Å². The number of rotatable bonds is 12. The number of benzene rings is 3. The van der Waals surface area contributed by atoms with Crippen LogP contribution >= 0.6 is 0 Å². The fraction of sp³-hybridized carbons (Fsp3) is 0.333. The summed E-state index contributed by atoms with van der Waals surface area (Å²) in [7, 11) is -4.07. The molecule has 38 heavy (non-hydrogen) atoms. The predicted octanol–water partition coefficient (Wildman–Crippen LogP) is 4.78. The van der Waals surface area contributed by atoms with Crippen LogP contribution in [-0.2, 0) is 32.6 Å². The monoisotopic (exact) mass is 535 g/mol. The average molecular weight is 536 g/mol. The van der Waals surface area contributed by atoms with Crippen molar-refractivity contribution < 1.29 is 18.0 Å². The number of anilines is 1. The van der Waals surface area contributed by atoms with Gasteiger partial charge in [-0.3, -0.25) is 13.9 Å². The van der Waals surface area contributed by atoms with Gasteiger partial charge in [0, 0.05) is 12.6 Å². The van der Waals surface area contributed by atoms with E-state index in [1.807, 2.05) is 63.2 Å². The molecule has 3 aromatic rings. The van der Waals surface area contributed by atoms with Crippen molar-refractivity contribution in [2.45, 2.75) is 64.1 Å². The normalized spacial score (nSPS) is 12.8. The molecule has 0 heterocycles. The summed E-state index contributed by atoms with van der Waals surface area (Å²) in [5.41, 5.74) is 2.09. The van der Waals surface area contributed by atoms with Gasteiger partial charge in [-0.1, -0.05) is 80.6 Å². The van der Waals surface area contributed by atoms with E-state index < -0.39 is 28.5 Å². The lowest BCUT2D eigenvalue weighted by atomic mass is 10.1. The molecule has 202 valence electrons. The van der Waals surface area contributed by atoms with Crippen LogP contribution in [-0.4, -0.2) is 43.8 Å². The molecule has 2 amide bonds. The second-order valence-electron chi connectivity index (χ2n) is 9.31. The van der Waals surface area contributed by atoms with E-state index >= 15 is 0 Å². The zero-order valence-corrected chi connectivity index (χ0v) is 23.3. The van der Waals surface area contributed by atoms with Gasteiger partial charge in [0.05, 0.1) is 10.6 Å². The average Bonchev–Trinajstić information content (AvgIpc) is 2.94. The van der Waals surface area contributed by atoms with Crippen LogP contribution in [0.5, 0.6) is 0 Å². The zero-order valence-electron chi connectivity index (χ0n) is 22.5. The van der Waals surface area contributed by atoms with Crippen molar-refractivity contribution in [3.63, 3.8) is 0 Å². The van der Waals surface area contributed by atoms with E-state index in [2.05, 4.69) is 5.32 Å². The third kappa shape index (κ3) is 7.01. The van der Waals surface area contributed by atoms with Gasteiger partial charge < -0.3 is 10.2 Å². The summed E-state index contributed by atoms with van der Waals surface area (Å²) in [5.74, 6) is -0.749. The highest BCUT2D eigenvalue weighted by atomic mass is 32.2. The Balaban J connectivity index is 2.03. The number of carbonyl (C=O) groups is 2. The summed E-state index contributed by atoms with van der Waals surface area (Å²) >= 11 is 0. The number of nitrogens with zero attached hydrogens (tertiary/aromatic N) is 2. The quantitative estimate of drug-likeness (QED) is 0.362. The fourth-order valence-electron chi connectivity index (χ4n) is 4.11. The highest BCUT2D eigenvalue weighted by Gasteiger charge is 2.33. The molecule has 0 spiro atoms. The number of aryl methyl sites for hydroxylation is 1. The Morgan fingerprint density at radius 1 is 0.842 bits per heavy atom. The minimum absolute atomic E-state index is 0.0509. The van der Waals surface area contributed by atoms with E-state index in [9.17, 15) is 18.0 Å². The van der Waals surface area contributed by atoms with Gasteiger partial charge in [0.15, 0.2) is 0 Å². The predicted molar refractivity (Wildman–Crippen MR) is 151 cm³/mol. The molecule has 0 aliphatic heterocycles. The molecule has 0 bridgehead atoms. The van der Waals surface area contributed by atoms with Crippen molar-refractivity contribution in [1.29, 1.82) is 0 Å². The number of carbonyl (C=O) groups excluding carboxylic acids is 2. The molecule has 8 heteroatoms. The van der Waals surface area contributed by atoms with Crippen molar-refractivity contribution in [2.75, 3.05) is 10.8 Å². The smallest absolute Gasteiger partial charge is 0.264 e. The van der Waals surface area contributed by atoms with E-state index in [1.54, 1.807) is 37.3 Å². The molecule has 0 unspecified atom stereocenters. The van der Waals surface area contributed by atoms with Crippen molar-refractivity contribution in [2.24, 2.45) is 0 Å². The SMILES string of the molecule is CCc1ccccc1N(CC(=O)N(Cc1ccccc1)[C@@H](C)C(=O)N[C@@H](C)CC)S(=O)(=O)c1ccccc1. The van der Waals surface area contributed by atoms with E-state index in [1.165, 1.54) is 21.3 Å². The second-order valence-corrected chi connectivity index (χ2v) is 11.2. The Hall–Kier alpha value is -3.65. The number of nitrogens with one attached hydrogen (secondary N) is 1. The van der Waals surface area contributed by atoms with E-state index in [4.69, 9.17) is 0 Å². The first kappa shape index (κ1) is 28.9. The Kier molecular flexibility index (Phi) is 10.1. The van der Waals surface area contributed by atoms with Gasteiger partial charge >= 0.3 is 0 Å². The summed E-state index contributed by atoms with van der Waals surface area (Å²) in [6.45, 7) is 7.22. The molecule has 0 radical (unpaired) electrons. The van der Waals surface area contributed by atoms with Gasteiger partial charge in [-0.2, -0.15) is 0 Å². The molecule has 0 saturated carbocycles. The molecule has 0 saturated heterocycles. The molecular weight excluding hydrogens is 498 g/mol. The minimum atomic E-state index is -4.07. The maximum Gasteiger partial charge on any atom is 0.264 e. The number of hydrogen-bond donors (Lipinski definition) is 1. The maximum atomic E-state index is 13.9. The van der Waals surface area contributed by atoms with Crippen molar-refractivity contribution in [3.05, 3.63) is 96.1 Å². The van der Waals surface area contributed by atoms with Crippen LogP contribution in [0, 0.1) is 0 Å². The molecule has 7 nitrogen and oxygen atoms in total. The summed E-state index contributed by atoms with van der Waals surface area (Å²) in [4.78, 5) is 28.6. The number of amides is 2. The van der Waals surface area contributed by atoms with Crippen molar-refractivity contribution >= 4 is 27.5 Å². The lowest BCUT2D eigenvalue weighted by Gasteiger charge is -2.33. The van der Waals surface area contributed by atoms with Crippen molar-refractivity contribution in [3.8, 4) is 0 Å². The van der Waals surface area contributed by atoms with Crippen molar-refractivity contribution in [1.82, 2.24) is 10.2 Å². The van der Waals surface area contributed by atoms with Crippen LogP contribution < -0.4 is 9.62 Å². The number of sulfonamides is 1. The summed E-state index contributed by atoms with van der Waals surface area (Å²) in [6.07, 6.45) is 1.34. The largest absolute Gasteiger partial charge is 0.352 e. The molecule has 3 aromatic carbocycles. The molecule has 0 aliphatic carbocycles. The zero-order chi connectivity index (χ0) is 27.7. The third-order valence-corrected chi connectivity index (χ3v) is 8.39. The first-order chi connectivity index (χ1) is 18.2. The van der Waals surface area contributed by atoms with E-state index in [-0.39, 0.29) is 23.4 Å². The number of hydrogen-bond acceptors (Lipinski definition) is 4. The second kappa shape index (κ2) is 13.2. The van der Waals surface area contributed by atoms with Crippen LogP contribution in [0.2, 0.25) is 0 Å². The third-order valence-electron chi connectivity index (χ3n) is 6.62. The topological polar surface area (TPSA) is 86.8 Å². The standard InChI is InChI=1S/C30H37N3O4S/c1-5-23(3)31-30(35)24(4)32(21-25-15-9-7-10-16-25)29(34)22-33(28-20-14-13-17-26(28)6-2)38(36,37)27-18-11-8-12-19-27/h7-20,23-24H,5-6,21-22H2,1-4H3,(H,31,35)/t23-,24-/m0/s1. The first-order valence-corrected chi connectivity index (χ1v) is 14.4. The summed E-state index contributed by atoms with van der Waals surface area (Å²) in [6, 6.07) is 23.8. The maximum absolute atomic E-state index is 13.9. The summed E-state index contributed by atoms with van der Waals surface area (Å²) < 4.78 is 28.9. The molecular formula is C30H37N3O4S. The van der Waals surface area contributed by atoms with E-state index in [0.717, 1.165) is 17.5 Å². The van der Waals surface area contributed by atoms with Crippen LogP contribution in [0.3, 0.4) is 0 Å². The van der Waals surface area contributed by atoms with Crippen LogP contribution in [0.4, 0.5) is 5.69 Å². The molecule has 3 rings (SSSR count). The Morgan fingerprint density at radius 3 is 2.03 bits per heavy atom. The molecule has 0 aromatic heterocycles.